The van der Waals surface area contributed by atoms with E-state index in [2.05, 4.69) is 4.98 Å². The van der Waals surface area contributed by atoms with Gasteiger partial charge in [0.05, 0.1) is 25.5 Å². The molecule has 0 aliphatic rings. The zero-order valence-corrected chi connectivity index (χ0v) is 16.0. The van der Waals surface area contributed by atoms with E-state index in [1.807, 2.05) is 0 Å². The molecular weight excluding hydrogens is 383 g/mol. The fourth-order valence-electron chi connectivity index (χ4n) is 2.54. The molecule has 2 aromatic carbocycles. The Morgan fingerprint density at radius 3 is 2.57 bits per heavy atom. The third-order valence-electron chi connectivity index (χ3n) is 3.96. The quantitative estimate of drug-likeness (QED) is 0.447. The number of hydrogen-bond acceptors (Lipinski definition) is 6. The molecule has 6 nitrogen and oxygen atoms in total. The highest BCUT2D eigenvalue weighted by Gasteiger charge is 2.16. The highest BCUT2D eigenvalue weighted by molar-refractivity contribution is 7.99. The van der Waals surface area contributed by atoms with Crippen molar-refractivity contribution in [3.8, 4) is 17.2 Å². The number of halogens is 1. The third-order valence-corrected chi connectivity index (χ3v) is 4.92. The maximum Gasteiger partial charge on any atom is 0.287 e. The number of benzene rings is 2. The van der Waals surface area contributed by atoms with Crippen molar-refractivity contribution in [3.05, 3.63) is 76.6 Å². The van der Waals surface area contributed by atoms with Crippen molar-refractivity contribution < 1.29 is 18.7 Å². The van der Waals surface area contributed by atoms with E-state index in [0.717, 1.165) is 11.8 Å². The predicted molar refractivity (Wildman–Crippen MR) is 104 cm³/mol. The molecule has 0 unspecified atom stereocenters. The Morgan fingerprint density at radius 1 is 1.14 bits per heavy atom. The van der Waals surface area contributed by atoms with Gasteiger partial charge in [0.15, 0.2) is 10.8 Å². The number of carbonyl (C=O) groups is 1. The molecule has 0 fully saturated rings. The van der Waals surface area contributed by atoms with E-state index < -0.39 is 5.82 Å². The van der Waals surface area contributed by atoms with Crippen LogP contribution in [0.3, 0.4) is 0 Å². The zero-order chi connectivity index (χ0) is 20.1. The van der Waals surface area contributed by atoms with Crippen LogP contribution in [0, 0.1) is 5.82 Å². The summed E-state index contributed by atoms with van der Waals surface area (Å²) < 4.78 is 24.8. The van der Waals surface area contributed by atoms with Gasteiger partial charge in [-0.15, -0.1) is 0 Å². The normalized spacial score (nSPS) is 10.5. The van der Waals surface area contributed by atoms with E-state index in [1.54, 1.807) is 18.2 Å². The van der Waals surface area contributed by atoms with Gasteiger partial charge in [-0.05, 0) is 42.5 Å². The Bertz CT molecular complexity index is 1050. The Labute approximate surface area is 164 Å². The van der Waals surface area contributed by atoms with Crippen LogP contribution in [-0.2, 0) is 0 Å². The second kappa shape index (κ2) is 8.71. The van der Waals surface area contributed by atoms with Crippen LogP contribution < -0.4 is 15.0 Å². The molecule has 0 aliphatic carbocycles. The molecule has 0 saturated heterocycles. The molecule has 8 heteroatoms. The van der Waals surface area contributed by atoms with Crippen LogP contribution in [0.1, 0.15) is 10.4 Å². The van der Waals surface area contributed by atoms with Crippen molar-refractivity contribution in [2.45, 2.75) is 5.03 Å². The van der Waals surface area contributed by atoms with Gasteiger partial charge in [-0.2, -0.15) is 0 Å². The summed E-state index contributed by atoms with van der Waals surface area (Å²) in [6, 6.07) is 10.5. The molecule has 0 bridgehead atoms. The lowest BCUT2D eigenvalue weighted by Gasteiger charge is -2.10. The van der Waals surface area contributed by atoms with Gasteiger partial charge in [-0.1, -0.05) is 11.8 Å². The summed E-state index contributed by atoms with van der Waals surface area (Å²) in [6.07, 6.45) is 2.95. The number of carbonyl (C=O) groups excluding carboxylic acids is 1. The number of nitrogens with zero attached hydrogens (tertiary/aromatic N) is 2. The van der Waals surface area contributed by atoms with Crippen LogP contribution in [0.4, 0.5) is 4.39 Å². The Balaban J connectivity index is 1.82. The maximum atomic E-state index is 13.1. The smallest absolute Gasteiger partial charge is 0.287 e. The lowest BCUT2D eigenvalue weighted by Crippen LogP contribution is -2.21. The van der Waals surface area contributed by atoms with Gasteiger partial charge in [-0.3, -0.25) is 14.2 Å². The highest BCUT2D eigenvalue weighted by Crippen LogP contribution is 2.26. The monoisotopic (exact) mass is 400 g/mol. The summed E-state index contributed by atoms with van der Waals surface area (Å²) >= 11 is 1.03. The molecule has 0 spiro atoms. The van der Waals surface area contributed by atoms with Gasteiger partial charge < -0.3 is 9.47 Å². The first-order valence-corrected chi connectivity index (χ1v) is 9.23. The van der Waals surface area contributed by atoms with Gasteiger partial charge in [-0.25, -0.2) is 9.37 Å². The van der Waals surface area contributed by atoms with E-state index in [4.69, 9.17) is 9.47 Å². The third kappa shape index (κ3) is 4.23. The second-order valence-electron chi connectivity index (χ2n) is 5.66. The molecule has 0 saturated carbocycles. The SMILES string of the molecule is COc1ccc(OC)c(C(=O)CSc2nccn(-c3ccc(F)cc3)c2=O)c1. The van der Waals surface area contributed by atoms with Gasteiger partial charge in [0, 0.05) is 18.1 Å². The van der Waals surface area contributed by atoms with E-state index in [0.29, 0.717) is 22.7 Å². The van der Waals surface area contributed by atoms with E-state index in [9.17, 15) is 14.0 Å². The average Bonchev–Trinajstić information content (AvgIpc) is 2.73. The number of methoxy groups -OCH3 is 2. The summed E-state index contributed by atoms with van der Waals surface area (Å²) in [5.74, 6) is 0.346. The van der Waals surface area contributed by atoms with Gasteiger partial charge in [0.25, 0.3) is 5.56 Å². The van der Waals surface area contributed by atoms with Crippen LogP contribution >= 0.6 is 11.8 Å². The number of thioether (sulfide) groups is 1. The fraction of sp³-hybridized carbons (Fsp3) is 0.150. The summed E-state index contributed by atoms with van der Waals surface area (Å²) in [4.78, 5) is 29.4. The largest absolute Gasteiger partial charge is 0.497 e. The van der Waals surface area contributed by atoms with Crippen LogP contribution in [0.5, 0.6) is 11.5 Å². The first kappa shape index (κ1) is 19.6. The number of Topliss-reactive ketones (excluding diaryl/α,β-unsaturated/α-hetero) is 1. The number of rotatable bonds is 7. The molecule has 3 aromatic rings. The molecule has 0 atom stereocenters. The predicted octanol–water partition coefficient (Wildman–Crippen LogP) is 3.36. The van der Waals surface area contributed by atoms with Crippen molar-refractivity contribution in [3.63, 3.8) is 0 Å². The molecule has 0 amide bonds. The van der Waals surface area contributed by atoms with Crippen molar-refractivity contribution in [2.24, 2.45) is 0 Å². The van der Waals surface area contributed by atoms with Crippen LogP contribution in [0.25, 0.3) is 5.69 Å². The molecule has 0 N–H and O–H groups in total. The van der Waals surface area contributed by atoms with Crippen molar-refractivity contribution >= 4 is 17.5 Å². The van der Waals surface area contributed by atoms with Gasteiger partial charge in [0.2, 0.25) is 0 Å². The number of ether oxygens (including phenoxy) is 2. The Kier molecular flexibility index (Phi) is 6.10. The minimum atomic E-state index is -0.390. The number of aromatic nitrogens is 2. The lowest BCUT2D eigenvalue weighted by atomic mass is 10.1. The zero-order valence-electron chi connectivity index (χ0n) is 15.2. The van der Waals surface area contributed by atoms with Crippen molar-refractivity contribution in [1.29, 1.82) is 0 Å². The molecule has 28 heavy (non-hydrogen) atoms. The summed E-state index contributed by atoms with van der Waals surface area (Å²) in [5.41, 5.74) is 0.491. The molecule has 3 rings (SSSR count). The first-order valence-electron chi connectivity index (χ1n) is 8.25. The average molecular weight is 400 g/mol. The summed E-state index contributed by atoms with van der Waals surface area (Å²) in [6.45, 7) is 0. The van der Waals surface area contributed by atoms with E-state index in [1.165, 1.54) is 55.4 Å². The van der Waals surface area contributed by atoms with Crippen molar-refractivity contribution in [1.82, 2.24) is 9.55 Å². The molecule has 0 aliphatic heterocycles. The van der Waals surface area contributed by atoms with Crippen LogP contribution in [-0.4, -0.2) is 35.3 Å². The molecular formula is C20H17FN2O4S. The van der Waals surface area contributed by atoms with E-state index in [-0.39, 0.29) is 22.1 Å². The first-order chi connectivity index (χ1) is 13.5. The number of ketones is 1. The highest BCUT2D eigenvalue weighted by atomic mass is 32.2. The minimum absolute atomic E-state index is 0.000795. The van der Waals surface area contributed by atoms with Crippen LogP contribution in [0.2, 0.25) is 0 Å². The second-order valence-corrected chi connectivity index (χ2v) is 6.63. The fourth-order valence-corrected chi connectivity index (χ4v) is 3.32. The molecule has 0 radical (unpaired) electrons. The lowest BCUT2D eigenvalue weighted by molar-refractivity contribution is 0.101. The molecule has 1 aromatic heterocycles. The van der Waals surface area contributed by atoms with Gasteiger partial charge >= 0.3 is 0 Å². The maximum absolute atomic E-state index is 13.1. The molecule has 144 valence electrons. The van der Waals surface area contributed by atoms with Crippen molar-refractivity contribution in [2.75, 3.05) is 20.0 Å². The van der Waals surface area contributed by atoms with Gasteiger partial charge in [0.1, 0.15) is 17.3 Å². The topological polar surface area (TPSA) is 70.4 Å². The van der Waals surface area contributed by atoms with E-state index >= 15 is 0 Å². The Morgan fingerprint density at radius 2 is 1.89 bits per heavy atom. The minimum Gasteiger partial charge on any atom is -0.497 e. The molecule has 1 heterocycles. The number of hydrogen-bond donors (Lipinski definition) is 0. The summed E-state index contributed by atoms with van der Waals surface area (Å²) in [7, 11) is 2.99. The summed E-state index contributed by atoms with van der Waals surface area (Å²) in [5, 5.41) is 0.169. The van der Waals surface area contributed by atoms with Crippen LogP contribution in [0.15, 0.2) is 64.7 Å². The standard InChI is InChI=1S/C20H17FN2O4S/c1-26-15-7-8-18(27-2)16(11-15)17(24)12-28-19-20(25)23(10-9-22-19)14-5-3-13(21)4-6-14/h3-11H,12H2,1-2H3. The Hall–Kier alpha value is -3.13.